The van der Waals surface area contributed by atoms with Gasteiger partial charge in [-0.3, -0.25) is 14.2 Å². The lowest BCUT2D eigenvalue weighted by molar-refractivity contribution is 0.0951. The molecule has 0 unspecified atom stereocenters. The molecule has 0 atom stereocenters. The molecule has 1 fully saturated rings. The van der Waals surface area contributed by atoms with Crippen LogP contribution in [0.15, 0.2) is 58.1 Å². The molecule has 0 spiro atoms. The van der Waals surface area contributed by atoms with Gasteiger partial charge < -0.3 is 15.5 Å². The minimum Gasteiger partial charge on any atom is -0.352 e. The van der Waals surface area contributed by atoms with Crippen LogP contribution in [0.25, 0.3) is 28.2 Å². The molecule has 1 aliphatic heterocycles. The lowest BCUT2D eigenvalue weighted by Gasteiger charge is -2.27. The first-order valence-corrected chi connectivity index (χ1v) is 12.4. The molecule has 0 bridgehead atoms. The molecule has 2 aromatic heterocycles. The molecule has 1 saturated heterocycles. The van der Waals surface area contributed by atoms with Gasteiger partial charge in [-0.1, -0.05) is 12.1 Å². The molecule has 38 heavy (non-hydrogen) atoms. The Morgan fingerprint density at radius 3 is 2.45 bits per heavy atom. The summed E-state index contributed by atoms with van der Waals surface area (Å²) in [7, 11) is 1.34. The third-order valence-corrected chi connectivity index (χ3v) is 6.50. The number of carbonyl (C=O) groups is 1. The summed E-state index contributed by atoms with van der Waals surface area (Å²) in [5, 5.41) is 14.5. The first-order valence-electron chi connectivity index (χ1n) is 12.4. The van der Waals surface area contributed by atoms with Gasteiger partial charge in [0.05, 0.1) is 5.69 Å². The molecule has 0 aliphatic carbocycles. The van der Waals surface area contributed by atoms with Crippen LogP contribution in [0.2, 0.25) is 0 Å². The fraction of sp³-hybridized carbons (Fsp3) is 0.308. The molecule has 12 heteroatoms. The summed E-state index contributed by atoms with van der Waals surface area (Å²) in [6.45, 7) is 5.58. The second-order valence-corrected chi connectivity index (χ2v) is 9.04. The molecular formula is C26H27FN8O3. The van der Waals surface area contributed by atoms with Gasteiger partial charge in [0.1, 0.15) is 5.82 Å². The molecule has 2 aromatic carbocycles. The zero-order valence-electron chi connectivity index (χ0n) is 20.9. The predicted molar refractivity (Wildman–Crippen MR) is 140 cm³/mol. The van der Waals surface area contributed by atoms with E-state index in [-0.39, 0.29) is 22.9 Å². The van der Waals surface area contributed by atoms with Gasteiger partial charge in [0, 0.05) is 50.9 Å². The fourth-order valence-electron chi connectivity index (χ4n) is 4.36. The molecule has 1 aliphatic rings. The maximum atomic E-state index is 13.4. The highest BCUT2D eigenvalue weighted by atomic mass is 19.1. The number of amides is 1. The molecule has 4 aromatic rings. The van der Waals surface area contributed by atoms with E-state index in [1.165, 1.54) is 31.3 Å². The summed E-state index contributed by atoms with van der Waals surface area (Å²) in [4.78, 5) is 45.0. The number of hydrogen-bond donors (Lipinski definition) is 2. The molecule has 1 amide bonds. The minimum absolute atomic E-state index is 0.0368. The van der Waals surface area contributed by atoms with E-state index in [1.54, 1.807) is 24.3 Å². The van der Waals surface area contributed by atoms with Gasteiger partial charge >= 0.3 is 5.69 Å². The van der Waals surface area contributed by atoms with Gasteiger partial charge in [0.2, 0.25) is 0 Å². The van der Waals surface area contributed by atoms with E-state index in [9.17, 15) is 18.8 Å². The first-order chi connectivity index (χ1) is 18.4. The molecule has 3 heterocycles. The van der Waals surface area contributed by atoms with Crippen molar-refractivity contribution in [3.05, 3.63) is 80.7 Å². The van der Waals surface area contributed by atoms with Crippen LogP contribution < -0.4 is 21.9 Å². The second-order valence-electron chi connectivity index (χ2n) is 9.04. The second kappa shape index (κ2) is 11.0. The number of rotatable bonds is 7. The average molecular weight is 519 g/mol. The molecular weight excluding hydrogens is 491 g/mol. The highest BCUT2D eigenvalue weighted by Gasteiger charge is 2.17. The normalized spacial score (nSPS) is 14.1. The van der Waals surface area contributed by atoms with Crippen LogP contribution in [0.4, 0.5) is 4.39 Å². The van der Waals surface area contributed by atoms with Gasteiger partial charge in [0.25, 0.3) is 11.5 Å². The molecule has 0 radical (unpaired) electrons. The monoisotopic (exact) mass is 518 g/mol. The minimum atomic E-state index is -0.652. The Balaban J connectivity index is 1.34. The number of piperazine rings is 1. The Labute approximate surface area is 217 Å². The van der Waals surface area contributed by atoms with Crippen molar-refractivity contribution in [1.29, 1.82) is 0 Å². The van der Waals surface area contributed by atoms with Crippen molar-refractivity contribution in [2.45, 2.75) is 6.42 Å². The first kappa shape index (κ1) is 25.4. The Hall–Kier alpha value is -4.29. The maximum absolute atomic E-state index is 13.4. The topological polar surface area (TPSA) is 127 Å². The number of carbonyl (C=O) groups excluding carboxylic acids is 1. The van der Waals surface area contributed by atoms with E-state index in [0.29, 0.717) is 23.4 Å². The van der Waals surface area contributed by atoms with Crippen LogP contribution in [-0.4, -0.2) is 74.4 Å². The van der Waals surface area contributed by atoms with Gasteiger partial charge in [-0.15, -0.1) is 10.2 Å². The van der Waals surface area contributed by atoms with Crippen molar-refractivity contribution >= 4 is 17.1 Å². The van der Waals surface area contributed by atoms with Crippen molar-refractivity contribution in [2.24, 2.45) is 7.05 Å². The maximum Gasteiger partial charge on any atom is 0.337 e. The highest BCUT2D eigenvalue weighted by Crippen LogP contribution is 2.18. The lowest BCUT2D eigenvalue weighted by Crippen LogP contribution is -2.44. The zero-order valence-corrected chi connectivity index (χ0v) is 20.9. The summed E-state index contributed by atoms with van der Waals surface area (Å²) in [5.74, 6) is -0.469. The molecule has 196 valence electrons. The lowest BCUT2D eigenvalue weighted by atomic mass is 10.1. The van der Waals surface area contributed by atoms with Crippen LogP contribution in [0.3, 0.4) is 0 Å². The van der Waals surface area contributed by atoms with Gasteiger partial charge in [-0.2, -0.15) is 0 Å². The summed E-state index contributed by atoms with van der Waals surface area (Å²) in [6, 6.07) is 11.9. The summed E-state index contributed by atoms with van der Waals surface area (Å²) >= 11 is 0. The van der Waals surface area contributed by atoms with Crippen molar-refractivity contribution < 1.29 is 9.18 Å². The number of benzene rings is 2. The van der Waals surface area contributed by atoms with Crippen molar-refractivity contribution in [3.63, 3.8) is 0 Å². The highest BCUT2D eigenvalue weighted by molar-refractivity contribution is 5.94. The number of hydrogen-bond acceptors (Lipinski definition) is 8. The van der Waals surface area contributed by atoms with Gasteiger partial charge in [0.15, 0.2) is 17.0 Å². The number of nitrogens with zero attached hydrogens (tertiary/aromatic N) is 6. The van der Waals surface area contributed by atoms with Gasteiger partial charge in [-0.25, -0.2) is 18.7 Å². The van der Waals surface area contributed by atoms with Crippen molar-refractivity contribution in [3.8, 4) is 17.1 Å². The molecule has 0 saturated carbocycles. The molecule has 2 N–H and O–H groups in total. The van der Waals surface area contributed by atoms with Crippen LogP contribution >= 0.6 is 0 Å². The largest absolute Gasteiger partial charge is 0.352 e. The van der Waals surface area contributed by atoms with E-state index in [1.807, 2.05) is 0 Å². The Kier molecular flexibility index (Phi) is 7.33. The van der Waals surface area contributed by atoms with Crippen molar-refractivity contribution in [1.82, 2.24) is 39.8 Å². The van der Waals surface area contributed by atoms with E-state index in [2.05, 4.69) is 30.7 Å². The summed E-state index contributed by atoms with van der Waals surface area (Å²) < 4.78 is 15.5. The Morgan fingerprint density at radius 1 is 1.03 bits per heavy atom. The van der Waals surface area contributed by atoms with Crippen LogP contribution in [-0.2, 0) is 7.05 Å². The van der Waals surface area contributed by atoms with E-state index in [4.69, 9.17) is 0 Å². The van der Waals surface area contributed by atoms with E-state index < -0.39 is 17.1 Å². The number of halogens is 1. The number of aromatic nitrogens is 5. The Morgan fingerprint density at radius 2 is 1.74 bits per heavy atom. The predicted octanol–water partition coefficient (Wildman–Crippen LogP) is 0.706. The molecule has 11 nitrogen and oxygen atoms in total. The number of nitrogens with one attached hydrogen (secondary N) is 2. The van der Waals surface area contributed by atoms with E-state index in [0.717, 1.165) is 48.3 Å². The number of fused-ring (bicyclic) bond motifs is 1. The smallest absolute Gasteiger partial charge is 0.337 e. The SMILES string of the molecule is Cn1c(=O)c2nc(-c3ccc(C(=O)NCCCN4CCNCC4)cc3)nnc2n(-c2ccc(F)cc2)c1=O. The molecule has 5 rings (SSSR count). The van der Waals surface area contributed by atoms with Crippen LogP contribution in [0, 0.1) is 5.82 Å². The summed E-state index contributed by atoms with van der Waals surface area (Å²) in [5.41, 5.74) is -0.0123. The zero-order chi connectivity index (χ0) is 26.6. The summed E-state index contributed by atoms with van der Waals surface area (Å²) in [6.07, 6.45) is 0.873. The van der Waals surface area contributed by atoms with E-state index >= 15 is 0 Å². The average Bonchev–Trinajstić information content (AvgIpc) is 2.95. The van der Waals surface area contributed by atoms with Crippen LogP contribution in [0.5, 0.6) is 0 Å². The van der Waals surface area contributed by atoms with Gasteiger partial charge in [-0.05, 0) is 49.4 Å². The van der Waals surface area contributed by atoms with Crippen molar-refractivity contribution in [2.75, 3.05) is 39.3 Å². The third-order valence-electron chi connectivity index (χ3n) is 6.50. The Bertz CT molecular complexity index is 1580. The van der Waals surface area contributed by atoms with Crippen LogP contribution in [0.1, 0.15) is 16.8 Å². The quantitative estimate of drug-likeness (QED) is 0.343. The fourth-order valence-corrected chi connectivity index (χ4v) is 4.36. The standard InChI is InChI=1S/C26H27FN8O3/c1-33-25(37)21-23(35(26(33)38)20-9-7-19(27)8-10-20)32-31-22(30-21)17-3-5-18(6-4-17)24(36)29-11-2-14-34-15-12-28-13-16-34/h3-10,28H,2,11-16H2,1H3,(H,29,36). The third kappa shape index (κ3) is 5.22.